The standard InChI is InChI=1S/C32H32ClF3N2O/c1-31(2,3)26-10-4-20(5-11-26)17-38(18-21-6-12-27(28(33)14-21)32(34,35)36)19-25-16-24-15-23(22-7-8-22)9-13-29(24)37-30(25)39/h4-6,9-16,22H,7-8,17-19H2,1-3H3,(H,37,39). The molecule has 0 aliphatic heterocycles. The predicted molar refractivity (Wildman–Crippen MR) is 151 cm³/mol. The van der Waals surface area contributed by atoms with Gasteiger partial charge in [-0.3, -0.25) is 9.69 Å². The molecular formula is C32H32ClF3N2O. The van der Waals surface area contributed by atoms with E-state index in [2.05, 4.69) is 67.1 Å². The van der Waals surface area contributed by atoms with Gasteiger partial charge in [0.1, 0.15) is 0 Å². The monoisotopic (exact) mass is 552 g/mol. The third-order valence-electron chi connectivity index (χ3n) is 7.36. The number of hydrogen-bond donors (Lipinski definition) is 1. The maximum atomic E-state index is 13.3. The molecule has 1 N–H and O–H groups in total. The van der Waals surface area contributed by atoms with Crippen LogP contribution in [0.2, 0.25) is 5.02 Å². The first-order chi connectivity index (χ1) is 18.4. The van der Waals surface area contributed by atoms with Crippen LogP contribution in [0.25, 0.3) is 10.9 Å². The lowest BCUT2D eigenvalue weighted by Crippen LogP contribution is -2.26. The molecule has 3 aromatic carbocycles. The second kappa shape index (κ2) is 10.5. The van der Waals surface area contributed by atoms with Gasteiger partial charge in [-0.25, -0.2) is 0 Å². The van der Waals surface area contributed by atoms with Crippen molar-refractivity contribution in [1.82, 2.24) is 9.88 Å². The zero-order valence-electron chi connectivity index (χ0n) is 22.3. The van der Waals surface area contributed by atoms with Gasteiger partial charge in [0.2, 0.25) is 0 Å². The summed E-state index contributed by atoms with van der Waals surface area (Å²) in [5.41, 5.74) is 4.61. The van der Waals surface area contributed by atoms with Gasteiger partial charge in [-0.15, -0.1) is 0 Å². The van der Waals surface area contributed by atoms with Crippen molar-refractivity contribution < 1.29 is 13.2 Å². The average Bonchev–Trinajstić information content (AvgIpc) is 3.69. The molecule has 1 saturated carbocycles. The minimum atomic E-state index is -4.51. The van der Waals surface area contributed by atoms with Crippen LogP contribution in [0.4, 0.5) is 13.2 Å². The van der Waals surface area contributed by atoms with Gasteiger partial charge >= 0.3 is 6.18 Å². The Morgan fingerprint density at radius 3 is 2.15 bits per heavy atom. The Balaban J connectivity index is 1.46. The number of fused-ring (bicyclic) bond motifs is 1. The summed E-state index contributed by atoms with van der Waals surface area (Å²) < 4.78 is 39.8. The second-order valence-corrected chi connectivity index (χ2v) is 12.1. The van der Waals surface area contributed by atoms with Crippen LogP contribution in [0, 0.1) is 0 Å². The van der Waals surface area contributed by atoms with Crippen LogP contribution in [0.3, 0.4) is 0 Å². The van der Waals surface area contributed by atoms with Crippen LogP contribution in [-0.4, -0.2) is 9.88 Å². The fourth-order valence-corrected chi connectivity index (χ4v) is 5.29. The number of nitrogens with one attached hydrogen (secondary N) is 1. The van der Waals surface area contributed by atoms with Crippen LogP contribution in [-0.2, 0) is 31.2 Å². The Hall–Kier alpha value is -3.09. The third kappa shape index (κ3) is 6.56. The summed E-state index contributed by atoms with van der Waals surface area (Å²) in [5, 5.41) is 0.659. The SMILES string of the molecule is CC(C)(C)c1ccc(CN(Cc2ccc(C(F)(F)F)c(Cl)c2)Cc2cc3cc(C4CC4)ccc3[nH]c2=O)cc1. The first-order valence-corrected chi connectivity index (χ1v) is 13.6. The van der Waals surface area contributed by atoms with Gasteiger partial charge in [0, 0.05) is 30.7 Å². The quantitative estimate of drug-likeness (QED) is 0.249. The fourth-order valence-electron chi connectivity index (χ4n) is 4.98. The average molecular weight is 553 g/mol. The van der Waals surface area contributed by atoms with Gasteiger partial charge in [-0.05, 0) is 82.1 Å². The van der Waals surface area contributed by atoms with E-state index in [1.165, 1.54) is 36.1 Å². The number of aromatic amines is 1. The molecule has 39 heavy (non-hydrogen) atoms. The number of rotatable bonds is 7. The number of hydrogen-bond acceptors (Lipinski definition) is 2. The van der Waals surface area contributed by atoms with Crippen molar-refractivity contribution >= 4 is 22.5 Å². The van der Waals surface area contributed by atoms with E-state index in [1.54, 1.807) is 0 Å². The van der Waals surface area contributed by atoms with Crippen LogP contribution in [0.1, 0.15) is 72.9 Å². The van der Waals surface area contributed by atoms with Gasteiger partial charge in [0.05, 0.1) is 10.6 Å². The molecule has 5 rings (SSSR count). The van der Waals surface area contributed by atoms with Crippen molar-refractivity contribution in [3.8, 4) is 0 Å². The van der Waals surface area contributed by atoms with E-state index in [0.29, 0.717) is 36.7 Å². The zero-order chi connectivity index (χ0) is 27.9. The van der Waals surface area contributed by atoms with E-state index in [0.717, 1.165) is 22.5 Å². The number of benzene rings is 3. The molecule has 0 bridgehead atoms. The summed E-state index contributed by atoms with van der Waals surface area (Å²) in [6, 6.07) is 20.3. The van der Waals surface area contributed by atoms with E-state index < -0.39 is 11.7 Å². The van der Waals surface area contributed by atoms with E-state index in [1.807, 2.05) is 12.1 Å². The number of H-pyrrole nitrogens is 1. The predicted octanol–water partition coefficient (Wildman–Crippen LogP) is 8.58. The van der Waals surface area contributed by atoms with E-state index in [4.69, 9.17) is 11.6 Å². The summed E-state index contributed by atoms with van der Waals surface area (Å²) in [6.07, 6.45) is -2.12. The van der Waals surface area contributed by atoms with Crippen molar-refractivity contribution in [3.63, 3.8) is 0 Å². The molecule has 1 heterocycles. The molecule has 0 saturated heterocycles. The molecule has 0 unspecified atom stereocenters. The maximum Gasteiger partial charge on any atom is 0.417 e. The highest BCUT2D eigenvalue weighted by molar-refractivity contribution is 6.31. The number of pyridine rings is 1. The molecule has 0 atom stereocenters. The van der Waals surface area contributed by atoms with Gasteiger partial charge < -0.3 is 4.98 Å². The Kier molecular flexibility index (Phi) is 7.38. The second-order valence-electron chi connectivity index (χ2n) is 11.6. The number of halogens is 4. The number of alkyl halides is 3. The highest BCUT2D eigenvalue weighted by Gasteiger charge is 2.33. The van der Waals surface area contributed by atoms with Crippen LogP contribution in [0.5, 0.6) is 0 Å². The normalized spacial score (nSPS) is 14.4. The molecular weight excluding hydrogens is 521 g/mol. The summed E-state index contributed by atoms with van der Waals surface area (Å²) >= 11 is 6.02. The van der Waals surface area contributed by atoms with Crippen LogP contribution in [0.15, 0.2) is 71.5 Å². The summed E-state index contributed by atoms with van der Waals surface area (Å²) in [6.45, 7) is 7.65. The Labute approximate surface area is 231 Å². The third-order valence-corrected chi connectivity index (χ3v) is 7.67. The zero-order valence-corrected chi connectivity index (χ0v) is 23.1. The largest absolute Gasteiger partial charge is 0.417 e. The number of aromatic nitrogens is 1. The van der Waals surface area contributed by atoms with Gasteiger partial charge in [-0.1, -0.05) is 68.8 Å². The van der Waals surface area contributed by atoms with E-state index in [-0.39, 0.29) is 16.0 Å². The molecule has 3 nitrogen and oxygen atoms in total. The van der Waals surface area contributed by atoms with Crippen molar-refractivity contribution in [1.29, 1.82) is 0 Å². The minimum Gasteiger partial charge on any atom is -0.322 e. The minimum absolute atomic E-state index is 0.0207. The molecule has 204 valence electrons. The molecule has 1 aliphatic carbocycles. The van der Waals surface area contributed by atoms with E-state index >= 15 is 0 Å². The van der Waals surface area contributed by atoms with Gasteiger partial charge in [0.15, 0.2) is 0 Å². The lowest BCUT2D eigenvalue weighted by molar-refractivity contribution is -0.137. The topological polar surface area (TPSA) is 36.1 Å². The highest BCUT2D eigenvalue weighted by atomic mass is 35.5. The molecule has 0 radical (unpaired) electrons. The molecule has 0 amide bonds. The van der Waals surface area contributed by atoms with Gasteiger partial charge in [0.25, 0.3) is 5.56 Å². The summed E-state index contributed by atoms with van der Waals surface area (Å²) in [7, 11) is 0. The number of nitrogens with zero attached hydrogens (tertiary/aromatic N) is 1. The summed E-state index contributed by atoms with van der Waals surface area (Å²) in [5.74, 6) is 0.599. The Morgan fingerprint density at radius 2 is 1.54 bits per heavy atom. The van der Waals surface area contributed by atoms with Crippen molar-refractivity contribution in [2.75, 3.05) is 0 Å². The molecule has 7 heteroatoms. The van der Waals surface area contributed by atoms with Crippen LogP contribution < -0.4 is 5.56 Å². The smallest absolute Gasteiger partial charge is 0.322 e. The summed E-state index contributed by atoms with van der Waals surface area (Å²) in [4.78, 5) is 18.1. The lowest BCUT2D eigenvalue weighted by Gasteiger charge is -2.24. The Bertz CT molecular complexity index is 1550. The van der Waals surface area contributed by atoms with Crippen molar-refractivity contribution in [2.24, 2.45) is 0 Å². The molecule has 1 aliphatic rings. The lowest BCUT2D eigenvalue weighted by atomic mass is 9.87. The Morgan fingerprint density at radius 1 is 0.872 bits per heavy atom. The van der Waals surface area contributed by atoms with Crippen LogP contribution >= 0.6 is 11.6 Å². The maximum absolute atomic E-state index is 13.3. The molecule has 4 aromatic rings. The molecule has 1 aromatic heterocycles. The fraction of sp³-hybridized carbons (Fsp3) is 0.344. The highest BCUT2D eigenvalue weighted by Crippen LogP contribution is 2.40. The van der Waals surface area contributed by atoms with Crippen molar-refractivity contribution in [3.05, 3.63) is 115 Å². The molecule has 1 fully saturated rings. The van der Waals surface area contributed by atoms with Gasteiger partial charge in [-0.2, -0.15) is 13.2 Å². The molecule has 0 spiro atoms. The first kappa shape index (κ1) is 27.5. The van der Waals surface area contributed by atoms with Crippen molar-refractivity contribution in [2.45, 2.75) is 70.8 Å². The first-order valence-electron chi connectivity index (χ1n) is 13.2. The van der Waals surface area contributed by atoms with E-state index in [9.17, 15) is 18.0 Å².